The maximum Gasteiger partial charge on any atom is 0.323 e. The van der Waals surface area contributed by atoms with Crippen LogP contribution >= 0.6 is 0 Å². The second kappa shape index (κ2) is 8.60. The molecule has 0 aromatic heterocycles. The highest BCUT2D eigenvalue weighted by Gasteiger charge is 2.34. The van der Waals surface area contributed by atoms with E-state index in [0.717, 1.165) is 39.1 Å². The van der Waals surface area contributed by atoms with Gasteiger partial charge in [0.1, 0.15) is 5.54 Å². The second-order valence-corrected chi connectivity index (χ2v) is 5.62. The van der Waals surface area contributed by atoms with Gasteiger partial charge in [-0.3, -0.25) is 4.79 Å². The van der Waals surface area contributed by atoms with Crippen molar-refractivity contribution in [3.05, 3.63) is 0 Å². The number of ether oxygens (including phenoxy) is 1. The molecule has 1 heterocycles. The molecule has 0 bridgehead atoms. The quantitative estimate of drug-likeness (QED) is 0.640. The van der Waals surface area contributed by atoms with E-state index in [4.69, 9.17) is 4.74 Å². The molecular weight excluding hydrogens is 256 g/mol. The van der Waals surface area contributed by atoms with E-state index in [1.165, 1.54) is 6.42 Å². The van der Waals surface area contributed by atoms with Gasteiger partial charge in [0, 0.05) is 13.2 Å². The minimum absolute atomic E-state index is 0.370. The standard InChI is InChI=1S/C15H30N2O3/c1-4-15(16-3,14(18)19)9-7-10-17(5-2)12-13-8-6-11-20-13/h13,16H,4-12H2,1-3H3,(H,18,19). The molecule has 0 saturated carbocycles. The maximum absolute atomic E-state index is 11.4. The summed E-state index contributed by atoms with van der Waals surface area (Å²) in [6, 6.07) is 0. The smallest absolute Gasteiger partial charge is 0.323 e. The Morgan fingerprint density at radius 2 is 2.25 bits per heavy atom. The highest BCUT2D eigenvalue weighted by molar-refractivity contribution is 5.78. The van der Waals surface area contributed by atoms with Gasteiger partial charge < -0.3 is 20.1 Å². The average molecular weight is 286 g/mol. The molecule has 2 N–H and O–H groups in total. The van der Waals surface area contributed by atoms with Gasteiger partial charge in [-0.1, -0.05) is 13.8 Å². The van der Waals surface area contributed by atoms with Gasteiger partial charge in [0.05, 0.1) is 6.10 Å². The van der Waals surface area contributed by atoms with Gasteiger partial charge in [-0.25, -0.2) is 0 Å². The summed E-state index contributed by atoms with van der Waals surface area (Å²) in [4.78, 5) is 13.8. The third kappa shape index (κ3) is 4.72. The molecule has 0 amide bonds. The monoisotopic (exact) mass is 286 g/mol. The number of carbonyl (C=O) groups is 1. The lowest BCUT2D eigenvalue weighted by Crippen LogP contribution is -2.50. The van der Waals surface area contributed by atoms with Gasteiger partial charge in [-0.05, 0) is 52.2 Å². The van der Waals surface area contributed by atoms with E-state index in [1.54, 1.807) is 7.05 Å². The molecule has 118 valence electrons. The van der Waals surface area contributed by atoms with Gasteiger partial charge >= 0.3 is 5.97 Å². The molecule has 1 rings (SSSR count). The molecule has 0 aliphatic carbocycles. The molecule has 5 nitrogen and oxygen atoms in total. The SMILES string of the molecule is CCN(CCCC(CC)(NC)C(=O)O)CC1CCCO1. The summed E-state index contributed by atoms with van der Waals surface area (Å²) in [5, 5.41) is 12.4. The number of hydrogen-bond acceptors (Lipinski definition) is 4. The molecule has 2 atom stereocenters. The predicted octanol–water partition coefficient (Wildman–Crippen LogP) is 1.72. The summed E-state index contributed by atoms with van der Waals surface area (Å²) >= 11 is 0. The van der Waals surface area contributed by atoms with E-state index >= 15 is 0 Å². The summed E-state index contributed by atoms with van der Waals surface area (Å²) in [7, 11) is 1.74. The van der Waals surface area contributed by atoms with Crippen molar-refractivity contribution in [2.45, 2.75) is 57.6 Å². The lowest BCUT2D eigenvalue weighted by Gasteiger charge is -2.29. The van der Waals surface area contributed by atoms with E-state index < -0.39 is 11.5 Å². The zero-order chi connectivity index (χ0) is 15.0. The van der Waals surface area contributed by atoms with Crippen LogP contribution in [0.5, 0.6) is 0 Å². The largest absolute Gasteiger partial charge is 0.480 e. The summed E-state index contributed by atoms with van der Waals surface area (Å²) in [6.07, 6.45) is 4.85. The fourth-order valence-electron chi connectivity index (χ4n) is 2.90. The first kappa shape index (κ1) is 17.4. The van der Waals surface area contributed by atoms with Gasteiger partial charge in [-0.15, -0.1) is 0 Å². The van der Waals surface area contributed by atoms with Crippen molar-refractivity contribution >= 4 is 5.97 Å². The zero-order valence-corrected chi connectivity index (χ0v) is 13.2. The number of likely N-dealkylation sites (N-methyl/N-ethyl adjacent to an activating group) is 2. The third-order valence-corrected chi connectivity index (χ3v) is 4.50. The summed E-state index contributed by atoms with van der Waals surface area (Å²) < 4.78 is 5.66. The fourth-order valence-corrected chi connectivity index (χ4v) is 2.90. The van der Waals surface area contributed by atoms with Crippen LogP contribution in [0.15, 0.2) is 0 Å². The Bertz CT molecular complexity index is 287. The molecule has 0 spiro atoms. The molecule has 2 unspecified atom stereocenters. The molecule has 1 aliphatic rings. The van der Waals surface area contributed by atoms with Crippen molar-refractivity contribution in [3.63, 3.8) is 0 Å². The molecule has 0 aromatic carbocycles. The van der Waals surface area contributed by atoms with Gasteiger partial charge in [0.15, 0.2) is 0 Å². The Kier molecular flexibility index (Phi) is 7.48. The lowest BCUT2D eigenvalue weighted by molar-refractivity contribution is -0.145. The minimum Gasteiger partial charge on any atom is -0.480 e. The van der Waals surface area contributed by atoms with Crippen LogP contribution in [0.2, 0.25) is 0 Å². The van der Waals surface area contributed by atoms with Crippen LogP contribution in [0.4, 0.5) is 0 Å². The predicted molar refractivity (Wildman–Crippen MR) is 80.0 cm³/mol. The Hall–Kier alpha value is -0.650. The first-order valence-corrected chi connectivity index (χ1v) is 7.84. The molecule has 1 fully saturated rings. The summed E-state index contributed by atoms with van der Waals surface area (Å²) in [6.45, 7) is 7.87. The molecule has 5 heteroatoms. The number of nitrogens with zero attached hydrogens (tertiary/aromatic N) is 1. The van der Waals surface area contributed by atoms with Crippen LogP contribution in [0.1, 0.15) is 46.0 Å². The highest BCUT2D eigenvalue weighted by Crippen LogP contribution is 2.19. The van der Waals surface area contributed by atoms with E-state index in [1.807, 2.05) is 6.92 Å². The van der Waals surface area contributed by atoms with Crippen molar-refractivity contribution in [1.82, 2.24) is 10.2 Å². The Balaban J connectivity index is 2.37. The number of nitrogens with one attached hydrogen (secondary N) is 1. The molecule has 20 heavy (non-hydrogen) atoms. The lowest BCUT2D eigenvalue weighted by atomic mass is 9.90. The Morgan fingerprint density at radius 3 is 2.70 bits per heavy atom. The highest BCUT2D eigenvalue weighted by atomic mass is 16.5. The number of aliphatic carboxylic acids is 1. The second-order valence-electron chi connectivity index (χ2n) is 5.62. The average Bonchev–Trinajstić information content (AvgIpc) is 2.95. The van der Waals surface area contributed by atoms with Crippen LogP contribution in [0.3, 0.4) is 0 Å². The van der Waals surface area contributed by atoms with Crippen LogP contribution in [-0.4, -0.2) is 60.9 Å². The van der Waals surface area contributed by atoms with Crippen LogP contribution in [-0.2, 0) is 9.53 Å². The summed E-state index contributed by atoms with van der Waals surface area (Å²) in [5.74, 6) is -0.746. The van der Waals surface area contributed by atoms with E-state index in [0.29, 0.717) is 18.9 Å². The topological polar surface area (TPSA) is 61.8 Å². The molecule has 1 aliphatic heterocycles. The third-order valence-electron chi connectivity index (χ3n) is 4.50. The van der Waals surface area contributed by atoms with E-state index in [2.05, 4.69) is 17.1 Å². The van der Waals surface area contributed by atoms with Crippen molar-refractivity contribution in [2.24, 2.45) is 0 Å². The minimum atomic E-state index is -0.775. The van der Waals surface area contributed by atoms with Crippen molar-refractivity contribution < 1.29 is 14.6 Å². The van der Waals surface area contributed by atoms with Gasteiger partial charge in [-0.2, -0.15) is 0 Å². The number of rotatable bonds is 10. The molecular formula is C15H30N2O3. The number of hydrogen-bond donors (Lipinski definition) is 2. The maximum atomic E-state index is 11.4. The van der Waals surface area contributed by atoms with Crippen LogP contribution in [0.25, 0.3) is 0 Å². The first-order valence-electron chi connectivity index (χ1n) is 7.84. The van der Waals surface area contributed by atoms with Crippen molar-refractivity contribution in [1.29, 1.82) is 0 Å². The number of carboxylic acid groups (broad SMARTS) is 1. The fraction of sp³-hybridized carbons (Fsp3) is 0.933. The van der Waals surface area contributed by atoms with Crippen LogP contribution < -0.4 is 5.32 Å². The summed E-state index contributed by atoms with van der Waals surface area (Å²) in [5.41, 5.74) is -0.775. The van der Waals surface area contributed by atoms with Crippen molar-refractivity contribution in [3.8, 4) is 0 Å². The van der Waals surface area contributed by atoms with Crippen LogP contribution in [0, 0.1) is 0 Å². The Morgan fingerprint density at radius 1 is 1.50 bits per heavy atom. The zero-order valence-electron chi connectivity index (χ0n) is 13.2. The van der Waals surface area contributed by atoms with Gasteiger partial charge in [0.25, 0.3) is 0 Å². The molecule has 0 radical (unpaired) electrons. The Labute approximate surface area is 122 Å². The van der Waals surface area contributed by atoms with Gasteiger partial charge in [0.2, 0.25) is 0 Å². The normalized spacial score (nSPS) is 22.1. The van der Waals surface area contributed by atoms with E-state index in [-0.39, 0.29) is 0 Å². The van der Waals surface area contributed by atoms with Crippen molar-refractivity contribution in [2.75, 3.05) is 33.3 Å². The number of carboxylic acids is 1. The molecule has 0 aromatic rings. The first-order chi connectivity index (χ1) is 9.57. The molecule has 1 saturated heterocycles. The van der Waals surface area contributed by atoms with E-state index in [9.17, 15) is 9.90 Å².